The van der Waals surface area contributed by atoms with Gasteiger partial charge in [-0.3, -0.25) is 13.8 Å². The van der Waals surface area contributed by atoms with Crippen molar-refractivity contribution < 1.29 is 59.0 Å². The molecule has 1 rings (SSSR count). The minimum Gasteiger partial charge on any atom is -0.393 e. The van der Waals surface area contributed by atoms with Gasteiger partial charge in [-0.25, -0.2) is 4.57 Å². The SMILES string of the molecule is CCCCC/C=C\CCCCCC(O)CC(=O)NC(COP(=O)(O)OC1C(O)C(O)C(O)C(O)C1O)C(O)CCCCCCCCCC. The number of amides is 1. The van der Waals surface area contributed by atoms with E-state index in [4.69, 9.17) is 9.05 Å². The molecule has 0 spiro atoms. The van der Waals surface area contributed by atoms with Gasteiger partial charge < -0.3 is 46.0 Å². The van der Waals surface area contributed by atoms with E-state index >= 15 is 0 Å². The third-order valence-electron chi connectivity index (χ3n) is 8.88. The molecule has 0 aliphatic heterocycles. The van der Waals surface area contributed by atoms with Crippen molar-refractivity contribution in [3.8, 4) is 0 Å². The first-order chi connectivity index (χ1) is 22.8. The number of aliphatic hydroxyl groups is 7. The van der Waals surface area contributed by atoms with Crippen molar-refractivity contribution in [3.63, 3.8) is 0 Å². The van der Waals surface area contributed by atoms with Crippen LogP contribution >= 0.6 is 7.82 Å². The van der Waals surface area contributed by atoms with Crippen molar-refractivity contribution >= 4 is 13.7 Å². The van der Waals surface area contributed by atoms with E-state index in [0.717, 1.165) is 64.2 Å². The maximum Gasteiger partial charge on any atom is 0.472 e. The zero-order valence-electron chi connectivity index (χ0n) is 29.2. The van der Waals surface area contributed by atoms with Crippen LogP contribution in [-0.2, 0) is 18.4 Å². The van der Waals surface area contributed by atoms with Gasteiger partial charge in [0.2, 0.25) is 5.91 Å². The Bertz CT molecular complexity index is 895. The molecule has 1 saturated carbocycles. The predicted octanol–water partition coefficient (Wildman–Crippen LogP) is 3.52. The summed E-state index contributed by atoms with van der Waals surface area (Å²) in [6.45, 7) is 3.64. The molecule has 1 aliphatic rings. The lowest BCUT2D eigenvalue weighted by Gasteiger charge is -2.41. The molecule has 0 saturated heterocycles. The van der Waals surface area contributed by atoms with E-state index in [-0.39, 0.29) is 12.8 Å². The quantitative estimate of drug-likeness (QED) is 0.0323. The van der Waals surface area contributed by atoms with Gasteiger partial charge in [0.1, 0.15) is 36.6 Å². The van der Waals surface area contributed by atoms with Crippen molar-refractivity contribution in [2.45, 2.75) is 191 Å². The van der Waals surface area contributed by atoms with Gasteiger partial charge in [0, 0.05) is 0 Å². The van der Waals surface area contributed by atoms with Crippen LogP contribution in [0, 0.1) is 0 Å². The summed E-state index contributed by atoms with van der Waals surface area (Å²) >= 11 is 0. The van der Waals surface area contributed by atoms with Crippen LogP contribution < -0.4 is 5.32 Å². The van der Waals surface area contributed by atoms with Crippen LogP contribution in [0.15, 0.2) is 12.2 Å². The minimum atomic E-state index is -5.10. The summed E-state index contributed by atoms with van der Waals surface area (Å²) in [4.78, 5) is 23.2. The van der Waals surface area contributed by atoms with Crippen LogP contribution in [0.1, 0.15) is 136 Å². The van der Waals surface area contributed by atoms with Gasteiger partial charge in [-0.05, 0) is 38.5 Å². The Balaban J connectivity index is 2.67. The number of allylic oxidation sites excluding steroid dienone is 2. The van der Waals surface area contributed by atoms with E-state index < -0.39 is 75.2 Å². The summed E-state index contributed by atoms with van der Waals surface area (Å²) in [6, 6.07) is -1.15. The molecule has 0 aromatic rings. The zero-order valence-corrected chi connectivity index (χ0v) is 30.0. The van der Waals surface area contributed by atoms with E-state index in [9.17, 15) is 50.0 Å². The summed E-state index contributed by atoms with van der Waals surface area (Å²) in [5, 5.41) is 73.8. The van der Waals surface area contributed by atoms with Crippen LogP contribution in [0.3, 0.4) is 0 Å². The van der Waals surface area contributed by atoms with Crippen molar-refractivity contribution in [1.82, 2.24) is 5.32 Å². The van der Waals surface area contributed by atoms with Crippen LogP contribution in [-0.4, -0.2) is 108 Å². The topological polar surface area (TPSA) is 226 Å². The Morgan fingerprint density at radius 3 is 1.75 bits per heavy atom. The number of phosphoric acid groups is 1. The number of hydrogen-bond donors (Lipinski definition) is 9. The molecular weight excluding hydrogens is 645 g/mol. The first kappa shape index (κ1) is 45.1. The molecule has 14 heteroatoms. The van der Waals surface area contributed by atoms with Crippen LogP contribution in [0.2, 0.25) is 0 Å². The molecule has 9 N–H and O–H groups in total. The van der Waals surface area contributed by atoms with Gasteiger partial charge in [-0.15, -0.1) is 0 Å². The smallest absolute Gasteiger partial charge is 0.393 e. The van der Waals surface area contributed by atoms with Gasteiger partial charge >= 0.3 is 7.82 Å². The van der Waals surface area contributed by atoms with E-state index in [0.29, 0.717) is 12.8 Å². The molecule has 1 aliphatic carbocycles. The summed E-state index contributed by atoms with van der Waals surface area (Å²) in [5.41, 5.74) is 0. The molecule has 1 fully saturated rings. The van der Waals surface area contributed by atoms with Gasteiger partial charge in [-0.2, -0.15) is 0 Å². The molecule has 0 aromatic heterocycles. The molecule has 0 heterocycles. The number of aliphatic hydroxyl groups excluding tert-OH is 7. The molecule has 0 radical (unpaired) electrons. The molecular formula is C34H66NO12P. The number of carbonyl (C=O) groups is 1. The molecule has 8 atom stereocenters. The Kier molecular flexibility index (Phi) is 24.3. The summed E-state index contributed by atoms with van der Waals surface area (Å²) < 4.78 is 22.7. The van der Waals surface area contributed by atoms with E-state index in [1.807, 2.05) is 0 Å². The summed E-state index contributed by atoms with van der Waals surface area (Å²) in [7, 11) is -5.10. The Morgan fingerprint density at radius 2 is 1.17 bits per heavy atom. The number of unbranched alkanes of at least 4 members (excludes halogenated alkanes) is 13. The number of phosphoric ester groups is 1. The van der Waals surface area contributed by atoms with E-state index in [1.54, 1.807) is 0 Å². The van der Waals surface area contributed by atoms with Crippen molar-refractivity contribution in [1.29, 1.82) is 0 Å². The fourth-order valence-electron chi connectivity index (χ4n) is 5.77. The molecule has 1 amide bonds. The summed E-state index contributed by atoms with van der Waals surface area (Å²) in [5.74, 6) is -0.576. The molecule has 13 nitrogen and oxygen atoms in total. The largest absolute Gasteiger partial charge is 0.472 e. The second-order valence-electron chi connectivity index (χ2n) is 13.3. The Morgan fingerprint density at radius 1 is 0.708 bits per heavy atom. The lowest BCUT2D eigenvalue weighted by Crippen LogP contribution is -2.64. The number of hydrogen-bond acceptors (Lipinski definition) is 11. The van der Waals surface area contributed by atoms with Crippen LogP contribution in [0.4, 0.5) is 0 Å². The molecule has 48 heavy (non-hydrogen) atoms. The van der Waals surface area contributed by atoms with Gasteiger partial charge in [-0.1, -0.05) is 103 Å². The highest BCUT2D eigenvalue weighted by Gasteiger charge is 2.51. The number of rotatable bonds is 28. The Labute approximate surface area is 287 Å². The monoisotopic (exact) mass is 711 g/mol. The highest BCUT2D eigenvalue weighted by atomic mass is 31.2. The molecule has 0 aromatic carbocycles. The fourth-order valence-corrected chi connectivity index (χ4v) is 6.73. The van der Waals surface area contributed by atoms with Gasteiger partial charge in [0.25, 0.3) is 0 Å². The highest BCUT2D eigenvalue weighted by Crippen LogP contribution is 2.47. The minimum absolute atomic E-state index is 0.232. The normalized spacial score (nSPS) is 26.3. The lowest BCUT2D eigenvalue weighted by molar-refractivity contribution is -0.220. The Hall–Kier alpha value is -0.960. The fraction of sp³-hybridized carbons (Fsp3) is 0.912. The third kappa shape index (κ3) is 18.9. The molecule has 8 unspecified atom stereocenters. The van der Waals surface area contributed by atoms with E-state index in [2.05, 4.69) is 31.3 Å². The third-order valence-corrected chi connectivity index (χ3v) is 9.86. The molecule has 284 valence electrons. The number of carbonyl (C=O) groups excluding carboxylic acids is 1. The zero-order chi connectivity index (χ0) is 36.0. The standard InChI is InChI=1S/C34H66NO12P/c1-3-5-7-9-11-13-14-15-17-19-21-25(36)23-28(38)35-26(27(37)22-20-18-16-12-10-8-6-4-2)24-46-48(44,45)47-34-32(42)30(40)29(39)31(41)33(34)43/h11,13,25-27,29-34,36-37,39-43H,3-10,12,14-24H2,1-2H3,(H,35,38)(H,44,45)/b13-11-. The van der Waals surface area contributed by atoms with Crippen molar-refractivity contribution in [3.05, 3.63) is 12.2 Å². The first-order valence-electron chi connectivity index (χ1n) is 18.2. The lowest BCUT2D eigenvalue weighted by atomic mass is 9.85. The van der Waals surface area contributed by atoms with Gasteiger partial charge in [0.05, 0.1) is 31.3 Å². The highest BCUT2D eigenvalue weighted by molar-refractivity contribution is 7.47. The maximum absolute atomic E-state index is 12.8. The van der Waals surface area contributed by atoms with E-state index in [1.165, 1.54) is 32.1 Å². The average Bonchev–Trinajstić information content (AvgIpc) is 3.05. The second-order valence-corrected chi connectivity index (χ2v) is 14.7. The molecule has 0 bridgehead atoms. The van der Waals surface area contributed by atoms with Crippen LogP contribution in [0.5, 0.6) is 0 Å². The first-order valence-corrected chi connectivity index (χ1v) is 19.7. The van der Waals surface area contributed by atoms with Crippen molar-refractivity contribution in [2.75, 3.05) is 6.61 Å². The average molecular weight is 712 g/mol. The van der Waals surface area contributed by atoms with Crippen molar-refractivity contribution in [2.24, 2.45) is 0 Å². The second kappa shape index (κ2) is 25.9. The number of nitrogens with one attached hydrogen (secondary N) is 1. The van der Waals surface area contributed by atoms with Crippen LogP contribution in [0.25, 0.3) is 0 Å². The predicted molar refractivity (Wildman–Crippen MR) is 183 cm³/mol. The van der Waals surface area contributed by atoms with Gasteiger partial charge in [0.15, 0.2) is 0 Å². The summed E-state index contributed by atoms with van der Waals surface area (Å²) in [6.07, 6.45) is 7.49. The maximum atomic E-state index is 12.8.